The van der Waals surface area contributed by atoms with Crippen molar-refractivity contribution in [3.8, 4) is 0 Å². The van der Waals surface area contributed by atoms with E-state index in [1.807, 2.05) is 0 Å². The molecule has 1 fully saturated rings. The quantitative estimate of drug-likeness (QED) is 0.901. The lowest BCUT2D eigenvalue weighted by atomic mass is 9.80. The van der Waals surface area contributed by atoms with Crippen LogP contribution in [0.3, 0.4) is 0 Å². The summed E-state index contributed by atoms with van der Waals surface area (Å²) in [5.74, 6) is 0. The average Bonchev–Trinajstić information content (AvgIpc) is 2.83. The summed E-state index contributed by atoms with van der Waals surface area (Å²) in [6.07, 6.45) is 5.03. The predicted octanol–water partition coefficient (Wildman–Crippen LogP) is 3.49. The maximum atomic E-state index is 6.71. The second kappa shape index (κ2) is 5.26. The minimum absolute atomic E-state index is 0.115. The lowest BCUT2D eigenvalue weighted by Crippen LogP contribution is -2.50. The zero-order valence-electron chi connectivity index (χ0n) is 13.1. The number of aryl methyl sites for hydroxylation is 3. The Morgan fingerprint density at radius 2 is 1.53 bits per heavy atom. The first kappa shape index (κ1) is 14.5. The molecule has 1 aliphatic rings. The molecule has 2 N–H and O–H groups in total. The summed E-state index contributed by atoms with van der Waals surface area (Å²) in [7, 11) is 4.36. The molecule has 106 valence electrons. The van der Waals surface area contributed by atoms with E-state index in [9.17, 15) is 0 Å². The van der Waals surface area contributed by atoms with Gasteiger partial charge in [-0.25, -0.2) is 0 Å². The third kappa shape index (κ3) is 2.44. The summed E-state index contributed by atoms with van der Waals surface area (Å²) in [5, 5.41) is 0. The molecule has 0 spiro atoms. The van der Waals surface area contributed by atoms with Crippen molar-refractivity contribution < 1.29 is 0 Å². The van der Waals surface area contributed by atoms with Gasteiger partial charge in [-0.1, -0.05) is 25.0 Å². The molecule has 0 heterocycles. The lowest BCUT2D eigenvalue weighted by molar-refractivity contribution is 0.123. The summed E-state index contributed by atoms with van der Waals surface area (Å²) in [5.41, 5.74) is 12.2. The molecule has 19 heavy (non-hydrogen) atoms. The molecule has 2 nitrogen and oxygen atoms in total. The Labute approximate surface area is 118 Å². The first-order chi connectivity index (χ1) is 8.88. The molecular weight excluding hydrogens is 232 g/mol. The molecular formula is C17H28N2. The van der Waals surface area contributed by atoms with Gasteiger partial charge in [0, 0.05) is 11.6 Å². The van der Waals surface area contributed by atoms with Crippen LogP contribution in [0.4, 0.5) is 0 Å². The highest BCUT2D eigenvalue weighted by atomic mass is 15.2. The fourth-order valence-corrected chi connectivity index (χ4v) is 3.63. The summed E-state index contributed by atoms with van der Waals surface area (Å²) < 4.78 is 0. The molecule has 0 saturated heterocycles. The summed E-state index contributed by atoms with van der Waals surface area (Å²) in [4.78, 5) is 2.36. The molecule has 1 aliphatic carbocycles. The highest BCUT2D eigenvalue weighted by Crippen LogP contribution is 2.43. The predicted molar refractivity (Wildman–Crippen MR) is 82.5 cm³/mol. The minimum atomic E-state index is 0.115. The van der Waals surface area contributed by atoms with E-state index in [0.717, 1.165) is 0 Å². The first-order valence-electron chi connectivity index (χ1n) is 7.39. The van der Waals surface area contributed by atoms with Crippen LogP contribution in [0.15, 0.2) is 12.1 Å². The standard InChI is InChI=1S/C17H28N2/c1-12-10-14(3)15(11-13(12)2)16(18)17(19(4)5)8-6-7-9-17/h10-11,16H,6-9,18H2,1-5H3. The van der Waals surface area contributed by atoms with Gasteiger partial charge in [0.15, 0.2) is 0 Å². The summed E-state index contributed by atoms with van der Waals surface area (Å²) in [6, 6.07) is 4.70. The molecule has 0 bridgehead atoms. The van der Waals surface area contributed by atoms with Crippen molar-refractivity contribution in [2.75, 3.05) is 14.1 Å². The molecule has 2 rings (SSSR count). The van der Waals surface area contributed by atoms with E-state index in [1.165, 1.54) is 47.9 Å². The van der Waals surface area contributed by atoms with Crippen LogP contribution in [-0.4, -0.2) is 24.5 Å². The van der Waals surface area contributed by atoms with Crippen molar-refractivity contribution in [1.29, 1.82) is 0 Å². The van der Waals surface area contributed by atoms with Crippen molar-refractivity contribution in [2.45, 2.75) is 58.0 Å². The largest absolute Gasteiger partial charge is 0.322 e. The number of hydrogen-bond acceptors (Lipinski definition) is 2. The summed E-state index contributed by atoms with van der Waals surface area (Å²) >= 11 is 0. The van der Waals surface area contributed by atoms with E-state index < -0.39 is 0 Å². The first-order valence-corrected chi connectivity index (χ1v) is 7.39. The van der Waals surface area contributed by atoms with Gasteiger partial charge in [0.25, 0.3) is 0 Å². The van der Waals surface area contributed by atoms with Crippen molar-refractivity contribution in [1.82, 2.24) is 4.90 Å². The molecule has 2 heteroatoms. The van der Waals surface area contributed by atoms with Crippen molar-refractivity contribution in [3.05, 3.63) is 34.4 Å². The zero-order chi connectivity index (χ0) is 14.2. The van der Waals surface area contributed by atoms with E-state index in [-0.39, 0.29) is 11.6 Å². The van der Waals surface area contributed by atoms with Crippen LogP contribution in [0.5, 0.6) is 0 Å². The maximum absolute atomic E-state index is 6.71. The fourth-order valence-electron chi connectivity index (χ4n) is 3.63. The number of likely N-dealkylation sites (N-methyl/N-ethyl adjacent to an activating group) is 1. The van der Waals surface area contributed by atoms with Gasteiger partial charge in [0.05, 0.1) is 0 Å². The fraction of sp³-hybridized carbons (Fsp3) is 0.647. The summed E-state index contributed by atoms with van der Waals surface area (Å²) in [6.45, 7) is 6.55. The van der Waals surface area contributed by atoms with Gasteiger partial charge in [-0.15, -0.1) is 0 Å². The number of benzene rings is 1. The van der Waals surface area contributed by atoms with Crippen LogP contribution in [0.25, 0.3) is 0 Å². The van der Waals surface area contributed by atoms with E-state index in [1.54, 1.807) is 0 Å². The number of nitrogens with two attached hydrogens (primary N) is 1. The van der Waals surface area contributed by atoms with Gasteiger partial charge >= 0.3 is 0 Å². The van der Waals surface area contributed by atoms with Crippen LogP contribution >= 0.6 is 0 Å². The van der Waals surface area contributed by atoms with Gasteiger partial charge in [0.2, 0.25) is 0 Å². The van der Waals surface area contributed by atoms with Crippen LogP contribution in [0.1, 0.15) is 54.0 Å². The number of rotatable bonds is 3. The second-order valence-electron chi connectivity index (χ2n) is 6.48. The molecule has 0 aliphatic heterocycles. The second-order valence-corrected chi connectivity index (χ2v) is 6.48. The highest BCUT2D eigenvalue weighted by Gasteiger charge is 2.42. The Hall–Kier alpha value is -0.860. The van der Waals surface area contributed by atoms with E-state index in [0.29, 0.717) is 0 Å². The molecule has 0 radical (unpaired) electrons. The van der Waals surface area contributed by atoms with Gasteiger partial charge in [-0.3, -0.25) is 0 Å². The van der Waals surface area contributed by atoms with Crippen LogP contribution < -0.4 is 5.73 Å². The minimum Gasteiger partial charge on any atom is -0.322 e. The third-order valence-corrected chi connectivity index (χ3v) is 5.16. The lowest BCUT2D eigenvalue weighted by Gasteiger charge is -2.42. The third-order valence-electron chi connectivity index (χ3n) is 5.16. The highest BCUT2D eigenvalue weighted by molar-refractivity contribution is 5.39. The Bertz CT molecular complexity index is 457. The zero-order valence-corrected chi connectivity index (χ0v) is 13.1. The maximum Gasteiger partial charge on any atom is 0.0484 e. The average molecular weight is 260 g/mol. The van der Waals surface area contributed by atoms with Crippen LogP contribution in [-0.2, 0) is 0 Å². The van der Waals surface area contributed by atoms with Crippen molar-refractivity contribution >= 4 is 0 Å². The number of hydrogen-bond donors (Lipinski definition) is 1. The van der Waals surface area contributed by atoms with Crippen molar-refractivity contribution in [2.24, 2.45) is 5.73 Å². The van der Waals surface area contributed by atoms with E-state index in [2.05, 4.69) is 51.9 Å². The Kier molecular flexibility index (Phi) is 4.03. The molecule has 1 atom stereocenters. The molecule has 0 aromatic heterocycles. The Morgan fingerprint density at radius 1 is 1.00 bits per heavy atom. The molecule has 1 unspecified atom stereocenters. The molecule has 1 saturated carbocycles. The smallest absolute Gasteiger partial charge is 0.0484 e. The van der Waals surface area contributed by atoms with Crippen LogP contribution in [0.2, 0.25) is 0 Å². The number of nitrogens with zero attached hydrogens (tertiary/aromatic N) is 1. The van der Waals surface area contributed by atoms with Gasteiger partial charge < -0.3 is 10.6 Å². The van der Waals surface area contributed by atoms with E-state index >= 15 is 0 Å². The molecule has 1 aromatic rings. The Balaban J connectivity index is 2.43. The topological polar surface area (TPSA) is 29.3 Å². The molecule has 1 aromatic carbocycles. The monoisotopic (exact) mass is 260 g/mol. The van der Waals surface area contributed by atoms with E-state index in [4.69, 9.17) is 5.73 Å². The van der Waals surface area contributed by atoms with Gasteiger partial charge in [-0.2, -0.15) is 0 Å². The van der Waals surface area contributed by atoms with Crippen LogP contribution in [0, 0.1) is 20.8 Å². The van der Waals surface area contributed by atoms with Crippen molar-refractivity contribution in [3.63, 3.8) is 0 Å². The normalized spacial score (nSPS) is 19.9. The Morgan fingerprint density at radius 3 is 2.05 bits per heavy atom. The van der Waals surface area contributed by atoms with Gasteiger partial charge in [0.1, 0.15) is 0 Å². The molecule has 0 amide bonds. The van der Waals surface area contributed by atoms with Gasteiger partial charge in [-0.05, 0) is 70.0 Å². The SMILES string of the molecule is Cc1cc(C)c(C(N)C2(N(C)C)CCCC2)cc1C.